The third-order valence-corrected chi connectivity index (χ3v) is 4.04. The van der Waals surface area contributed by atoms with Crippen LogP contribution in [0, 0.1) is 5.82 Å². The van der Waals surface area contributed by atoms with Crippen LogP contribution in [-0.2, 0) is 16.0 Å². The summed E-state index contributed by atoms with van der Waals surface area (Å²) in [6.45, 7) is 5.25. The molecule has 160 valence electrons. The molecule has 4 N–H and O–H groups in total. The van der Waals surface area contributed by atoms with Crippen molar-refractivity contribution in [2.24, 2.45) is 10.8 Å². The number of hydrogen-bond acceptors (Lipinski definition) is 6. The summed E-state index contributed by atoms with van der Waals surface area (Å²) < 4.78 is 19.5. The minimum absolute atomic E-state index is 0.0430. The predicted molar refractivity (Wildman–Crippen MR) is 109 cm³/mol. The highest BCUT2D eigenvalue weighted by Gasteiger charge is 2.15. The van der Waals surface area contributed by atoms with Gasteiger partial charge in [0, 0.05) is 5.56 Å². The number of aliphatic carboxylic acids is 2. The van der Waals surface area contributed by atoms with Gasteiger partial charge < -0.3 is 14.9 Å². The van der Waals surface area contributed by atoms with Crippen molar-refractivity contribution in [3.63, 3.8) is 0 Å². The molecule has 0 spiro atoms. The summed E-state index contributed by atoms with van der Waals surface area (Å²) in [5, 5.41) is 16.4. The number of ether oxygens (including phenoxy) is 1. The van der Waals surface area contributed by atoms with Gasteiger partial charge in [0.2, 0.25) is 0 Å². The lowest BCUT2D eigenvalue weighted by molar-refractivity contribution is -0.159. The molecule has 2 aromatic carbocycles. The number of benzene rings is 2. The van der Waals surface area contributed by atoms with Gasteiger partial charge in [0.1, 0.15) is 5.84 Å². The van der Waals surface area contributed by atoms with Crippen LogP contribution in [0.25, 0.3) is 0 Å². The molecule has 0 radical (unpaired) electrons. The summed E-state index contributed by atoms with van der Waals surface area (Å²) in [6, 6.07) is 13.2. The summed E-state index contributed by atoms with van der Waals surface area (Å²) in [5.74, 6) is 3.04. The Bertz CT molecular complexity index is 917. The van der Waals surface area contributed by atoms with Gasteiger partial charge >= 0.3 is 11.9 Å². The van der Waals surface area contributed by atoms with E-state index in [0.29, 0.717) is 12.2 Å². The van der Waals surface area contributed by atoms with E-state index in [4.69, 9.17) is 30.4 Å². The van der Waals surface area contributed by atoms with Crippen molar-refractivity contribution < 1.29 is 28.9 Å². The number of nitrogens with zero attached hydrogens (tertiary/aromatic N) is 2. The summed E-state index contributed by atoms with van der Waals surface area (Å²) in [6.07, 6.45) is 0.622. The van der Waals surface area contributed by atoms with Crippen molar-refractivity contribution in [2.75, 3.05) is 13.1 Å². The van der Waals surface area contributed by atoms with Crippen molar-refractivity contribution in [1.29, 1.82) is 0 Å². The molecule has 0 unspecified atom stereocenters. The molecule has 0 saturated heterocycles. The Morgan fingerprint density at radius 2 is 1.73 bits per heavy atom. The number of hydrogen-bond donors (Lipinski definition) is 3. The molecule has 0 bridgehead atoms. The van der Waals surface area contributed by atoms with Gasteiger partial charge in [-0.2, -0.15) is 0 Å². The Hall–Kier alpha value is -3.46. The van der Waals surface area contributed by atoms with E-state index in [1.807, 2.05) is 44.2 Å². The fourth-order valence-corrected chi connectivity index (χ4v) is 2.73. The number of carboxylic acids is 2. The highest BCUT2D eigenvalue weighted by Crippen LogP contribution is 2.21. The smallest absolute Gasteiger partial charge is 0.414 e. The van der Waals surface area contributed by atoms with Crippen LogP contribution in [0.5, 0.6) is 5.75 Å². The van der Waals surface area contributed by atoms with E-state index < -0.39 is 11.9 Å². The molecule has 0 atom stereocenters. The van der Waals surface area contributed by atoms with Crippen molar-refractivity contribution in [2.45, 2.75) is 26.4 Å². The van der Waals surface area contributed by atoms with Gasteiger partial charge in [-0.05, 0) is 43.5 Å². The molecule has 0 amide bonds. The van der Waals surface area contributed by atoms with E-state index >= 15 is 0 Å². The number of halogens is 1. The third-order valence-electron chi connectivity index (χ3n) is 4.04. The van der Waals surface area contributed by atoms with Gasteiger partial charge in [-0.15, -0.1) is 0 Å². The molecule has 2 aromatic rings. The Morgan fingerprint density at radius 3 is 2.20 bits per heavy atom. The Morgan fingerprint density at radius 1 is 1.13 bits per heavy atom. The molecular formula is C21H24FN3O5. The second-order valence-corrected chi connectivity index (χ2v) is 6.81. The van der Waals surface area contributed by atoms with Crippen LogP contribution in [-0.4, -0.2) is 52.2 Å². The van der Waals surface area contributed by atoms with Crippen molar-refractivity contribution in [3.05, 3.63) is 65.0 Å². The van der Waals surface area contributed by atoms with Crippen molar-refractivity contribution >= 4 is 17.8 Å². The van der Waals surface area contributed by atoms with Crippen molar-refractivity contribution in [1.82, 2.24) is 5.01 Å². The second-order valence-electron chi connectivity index (χ2n) is 6.81. The Kier molecular flexibility index (Phi) is 7.88. The maximum absolute atomic E-state index is 14.1. The SMILES string of the molecule is CC(C)Oc1ccc(Cc2ccc(C3=NCCN3N)cc2)cc1F.O=C(O)C(=O)O. The number of rotatable bonds is 5. The van der Waals surface area contributed by atoms with Gasteiger partial charge in [-0.1, -0.05) is 30.3 Å². The summed E-state index contributed by atoms with van der Waals surface area (Å²) in [4.78, 5) is 22.6. The number of amidine groups is 1. The molecule has 1 heterocycles. The van der Waals surface area contributed by atoms with Crippen LogP contribution in [0.1, 0.15) is 30.5 Å². The van der Waals surface area contributed by atoms with Gasteiger partial charge in [0.05, 0.1) is 19.2 Å². The zero-order valence-electron chi connectivity index (χ0n) is 16.7. The van der Waals surface area contributed by atoms with Gasteiger partial charge in [-0.3, -0.25) is 10.0 Å². The Balaban J connectivity index is 0.000000469. The van der Waals surface area contributed by atoms with Crippen LogP contribution >= 0.6 is 0 Å². The molecule has 3 rings (SSSR count). The first-order valence-electron chi connectivity index (χ1n) is 9.24. The number of carbonyl (C=O) groups is 2. The maximum Gasteiger partial charge on any atom is 0.414 e. The van der Waals surface area contributed by atoms with E-state index in [9.17, 15) is 4.39 Å². The van der Waals surface area contributed by atoms with E-state index in [1.54, 1.807) is 11.1 Å². The molecular weight excluding hydrogens is 393 g/mol. The fraction of sp³-hybridized carbons (Fsp3) is 0.286. The number of carboxylic acid groups (broad SMARTS) is 2. The van der Waals surface area contributed by atoms with E-state index in [-0.39, 0.29) is 11.9 Å². The molecule has 1 aliphatic heterocycles. The summed E-state index contributed by atoms with van der Waals surface area (Å²) >= 11 is 0. The topological polar surface area (TPSA) is 125 Å². The van der Waals surface area contributed by atoms with Crippen LogP contribution in [0.15, 0.2) is 47.5 Å². The minimum Gasteiger partial charge on any atom is -0.488 e. The first-order chi connectivity index (χ1) is 14.2. The van der Waals surface area contributed by atoms with Crippen LogP contribution < -0.4 is 10.6 Å². The molecule has 9 heteroatoms. The quantitative estimate of drug-likeness (QED) is 0.503. The lowest BCUT2D eigenvalue weighted by atomic mass is 10.0. The standard InChI is InChI=1S/C19H22FN3O.C2H2O4/c1-13(2)24-18-8-5-15(12-17(18)20)11-14-3-6-16(7-4-14)19-22-9-10-23(19)21;3-1(4)2(5)6/h3-8,12-13H,9-11,21H2,1-2H3;(H,3,4)(H,5,6). The molecule has 1 aliphatic rings. The van der Waals surface area contributed by atoms with Crippen LogP contribution in [0.3, 0.4) is 0 Å². The number of nitrogens with two attached hydrogens (primary N) is 1. The molecule has 8 nitrogen and oxygen atoms in total. The largest absolute Gasteiger partial charge is 0.488 e. The van der Waals surface area contributed by atoms with E-state index in [1.165, 1.54) is 6.07 Å². The van der Waals surface area contributed by atoms with Crippen molar-refractivity contribution in [3.8, 4) is 5.75 Å². The zero-order chi connectivity index (χ0) is 22.3. The van der Waals surface area contributed by atoms with Gasteiger partial charge in [0.15, 0.2) is 11.6 Å². The number of aliphatic imine (C=N–C) groups is 1. The molecule has 0 saturated carbocycles. The number of hydrazine groups is 1. The third kappa shape index (κ3) is 6.56. The van der Waals surface area contributed by atoms with E-state index in [0.717, 1.165) is 35.6 Å². The predicted octanol–water partition coefficient (Wildman–Crippen LogP) is 2.30. The average Bonchev–Trinajstić information content (AvgIpc) is 3.11. The molecule has 30 heavy (non-hydrogen) atoms. The fourth-order valence-electron chi connectivity index (χ4n) is 2.73. The van der Waals surface area contributed by atoms with Crippen LogP contribution in [0.4, 0.5) is 4.39 Å². The maximum atomic E-state index is 14.1. The molecule has 0 aromatic heterocycles. The van der Waals surface area contributed by atoms with Gasteiger partial charge in [0.25, 0.3) is 0 Å². The summed E-state index contributed by atoms with van der Waals surface area (Å²) in [7, 11) is 0. The van der Waals surface area contributed by atoms with Gasteiger partial charge in [-0.25, -0.2) is 19.8 Å². The average molecular weight is 417 g/mol. The molecule has 0 fully saturated rings. The first kappa shape index (κ1) is 22.8. The highest BCUT2D eigenvalue weighted by molar-refractivity contribution is 6.27. The minimum atomic E-state index is -1.82. The lowest BCUT2D eigenvalue weighted by Crippen LogP contribution is -2.34. The van der Waals surface area contributed by atoms with Crippen LogP contribution in [0.2, 0.25) is 0 Å². The highest BCUT2D eigenvalue weighted by atomic mass is 19.1. The lowest BCUT2D eigenvalue weighted by Gasteiger charge is -2.14. The monoisotopic (exact) mass is 417 g/mol. The first-order valence-corrected chi connectivity index (χ1v) is 9.24. The summed E-state index contributed by atoms with van der Waals surface area (Å²) in [5.41, 5.74) is 3.03. The zero-order valence-corrected chi connectivity index (χ0v) is 16.7. The second kappa shape index (κ2) is 10.4. The normalized spacial score (nSPS) is 12.8. The van der Waals surface area contributed by atoms with E-state index in [2.05, 4.69) is 4.99 Å². The molecule has 0 aliphatic carbocycles. The Labute approximate surface area is 173 Å².